The molecule has 3 aromatic heterocycles. The lowest BCUT2D eigenvalue weighted by Gasteiger charge is -2.10. The van der Waals surface area contributed by atoms with Gasteiger partial charge in [0.25, 0.3) is 5.91 Å². The second-order valence-corrected chi connectivity index (χ2v) is 8.66. The molecular weight excluding hydrogens is 434 g/mol. The van der Waals surface area contributed by atoms with E-state index in [2.05, 4.69) is 15.3 Å². The predicted octanol–water partition coefficient (Wildman–Crippen LogP) is 3.00. The number of nitrogens with zero attached hydrogens (tertiary/aromatic N) is 2. The number of aromatic nitrogens is 2. The highest BCUT2D eigenvalue weighted by molar-refractivity contribution is 7.91. The fourth-order valence-corrected chi connectivity index (χ4v) is 4.27. The Bertz CT molecular complexity index is 1350. The largest absolute Gasteiger partial charge is 0.493 e. The first-order chi connectivity index (χ1) is 15.4. The molecule has 0 aliphatic heterocycles. The van der Waals surface area contributed by atoms with Gasteiger partial charge >= 0.3 is 0 Å². The minimum Gasteiger partial charge on any atom is -0.493 e. The van der Waals surface area contributed by atoms with E-state index < -0.39 is 15.7 Å². The monoisotopic (exact) mass is 453 g/mol. The Hall–Kier alpha value is -3.92. The number of hydrogen-bond acceptors (Lipinski definition) is 8. The van der Waals surface area contributed by atoms with Crippen LogP contribution in [-0.4, -0.2) is 38.5 Å². The van der Waals surface area contributed by atoms with Gasteiger partial charge in [0.05, 0.1) is 42.4 Å². The summed E-state index contributed by atoms with van der Waals surface area (Å²) in [5.74, 6) is 0.476. The smallest absolute Gasteiger partial charge is 0.287 e. The van der Waals surface area contributed by atoms with Gasteiger partial charge in [-0.3, -0.25) is 14.8 Å². The van der Waals surface area contributed by atoms with Crippen molar-refractivity contribution in [1.29, 1.82) is 0 Å². The van der Waals surface area contributed by atoms with Crippen LogP contribution in [0, 0.1) is 0 Å². The molecule has 0 bridgehead atoms. The number of amides is 1. The van der Waals surface area contributed by atoms with Gasteiger partial charge in [0.15, 0.2) is 22.8 Å². The Morgan fingerprint density at radius 2 is 1.78 bits per heavy atom. The average Bonchev–Trinajstić information content (AvgIpc) is 3.27. The number of ether oxygens (including phenoxy) is 2. The van der Waals surface area contributed by atoms with E-state index >= 15 is 0 Å². The minimum atomic E-state index is -3.81. The molecule has 0 saturated heterocycles. The third-order valence-corrected chi connectivity index (χ3v) is 6.49. The molecule has 1 amide bonds. The Morgan fingerprint density at radius 1 is 1.00 bits per heavy atom. The molecule has 0 fully saturated rings. The summed E-state index contributed by atoms with van der Waals surface area (Å²) in [6.45, 7) is 0.102. The number of pyridine rings is 2. The summed E-state index contributed by atoms with van der Waals surface area (Å²) in [6.07, 6.45) is 4.40. The fraction of sp³-hybridized carbons (Fsp3) is 0.136. The number of methoxy groups -OCH3 is 2. The SMILES string of the molecule is COc1ccc(S(=O)(=O)c2ccc(CNC(=O)c3cc4ccncc4o3)nc2)cc1OC. The maximum absolute atomic E-state index is 12.9. The van der Waals surface area contributed by atoms with Crippen LogP contribution in [-0.2, 0) is 16.4 Å². The quantitative estimate of drug-likeness (QED) is 0.453. The van der Waals surface area contributed by atoms with Crippen LogP contribution in [0.1, 0.15) is 16.2 Å². The zero-order valence-electron chi connectivity index (χ0n) is 17.2. The number of sulfone groups is 1. The minimum absolute atomic E-state index is 0.0181. The van der Waals surface area contributed by atoms with E-state index in [0.29, 0.717) is 22.8 Å². The van der Waals surface area contributed by atoms with Crippen LogP contribution in [0.3, 0.4) is 0 Å². The van der Waals surface area contributed by atoms with Gasteiger partial charge in [0, 0.05) is 23.8 Å². The van der Waals surface area contributed by atoms with E-state index in [9.17, 15) is 13.2 Å². The second kappa shape index (κ2) is 8.67. The molecule has 0 spiro atoms. The number of nitrogens with one attached hydrogen (secondary N) is 1. The van der Waals surface area contributed by atoms with Crippen molar-refractivity contribution in [2.24, 2.45) is 0 Å². The van der Waals surface area contributed by atoms with Crippen LogP contribution in [0.5, 0.6) is 11.5 Å². The summed E-state index contributed by atoms with van der Waals surface area (Å²) in [6, 6.07) is 10.7. The normalized spacial score (nSPS) is 11.3. The van der Waals surface area contributed by atoms with Crippen molar-refractivity contribution < 1.29 is 27.1 Å². The number of benzene rings is 1. The van der Waals surface area contributed by atoms with Crippen molar-refractivity contribution in [3.63, 3.8) is 0 Å². The molecule has 1 aromatic carbocycles. The Balaban J connectivity index is 1.47. The molecule has 0 aliphatic carbocycles. The van der Waals surface area contributed by atoms with E-state index in [0.717, 1.165) is 5.39 Å². The molecule has 164 valence electrons. The molecule has 0 radical (unpaired) electrons. The number of hydrogen-bond donors (Lipinski definition) is 1. The van der Waals surface area contributed by atoms with Crippen LogP contribution in [0.4, 0.5) is 0 Å². The van der Waals surface area contributed by atoms with Crippen LogP contribution in [0.25, 0.3) is 11.0 Å². The maximum Gasteiger partial charge on any atom is 0.287 e. The zero-order chi connectivity index (χ0) is 22.7. The summed E-state index contributed by atoms with van der Waals surface area (Å²) in [5.41, 5.74) is 1.00. The number of carbonyl (C=O) groups excluding carboxylic acids is 1. The molecule has 0 atom stereocenters. The number of carbonyl (C=O) groups is 1. The molecule has 32 heavy (non-hydrogen) atoms. The first-order valence-electron chi connectivity index (χ1n) is 9.46. The third kappa shape index (κ3) is 4.12. The molecule has 3 heterocycles. The first kappa shape index (κ1) is 21.3. The standard InChI is InChI=1S/C22H19N3O6S/c1-29-18-6-5-16(10-19(18)30-2)32(27,28)17-4-3-15(24-12-17)11-25-22(26)20-9-14-7-8-23-13-21(14)31-20/h3-10,12-13H,11H2,1-2H3,(H,25,26). The first-order valence-corrected chi connectivity index (χ1v) is 10.9. The molecule has 4 rings (SSSR count). The van der Waals surface area contributed by atoms with E-state index in [1.807, 2.05) is 0 Å². The lowest BCUT2D eigenvalue weighted by Crippen LogP contribution is -2.22. The molecule has 1 N–H and O–H groups in total. The van der Waals surface area contributed by atoms with E-state index in [-0.39, 0.29) is 22.1 Å². The Kier molecular flexibility index (Phi) is 5.78. The molecule has 0 aliphatic rings. The third-order valence-electron chi connectivity index (χ3n) is 4.75. The summed E-state index contributed by atoms with van der Waals surface area (Å²) in [4.78, 5) is 20.5. The Labute approximate surface area is 183 Å². The van der Waals surface area contributed by atoms with Gasteiger partial charge in [0.2, 0.25) is 9.84 Å². The maximum atomic E-state index is 12.9. The van der Waals surface area contributed by atoms with Gasteiger partial charge in [-0.05, 0) is 36.4 Å². The summed E-state index contributed by atoms with van der Waals surface area (Å²) < 4.78 is 41.6. The summed E-state index contributed by atoms with van der Waals surface area (Å²) in [5, 5.41) is 3.47. The highest BCUT2D eigenvalue weighted by atomic mass is 32.2. The van der Waals surface area contributed by atoms with E-state index in [1.165, 1.54) is 56.9 Å². The van der Waals surface area contributed by atoms with Crippen LogP contribution in [0.15, 0.2) is 75.3 Å². The lowest BCUT2D eigenvalue weighted by atomic mass is 10.3. The molecule has 10 heteroatoms. The average molecular weight is 453 g/mol. The number of furan rings is 1. The fourth-order valence-electron chi connectivity index (χ4n) is 3.05. The molecule has 0 saturated carbocycles. The van der Waals surface area contributed by atoms with Gasteiger partial charge < -0.3 is 19.2 Å². The van der Waals surface area contributed by atoms with Gasteiger partial charge in [-0.15, -0.1) is 0 Å². The van der Waals surface area contributed by atoms with Crippen LogP contribution < -0.4 is 14.8 Å². The van der Waals surface area contributed by atoms with Crippen LogP contribution >= 0.6 is 0 Å². The zero-order valence-corrected chi connectivity index (χ0v) is 18.0. The molecular formula is C22H19N3O6S. The highest BCUT2D eigenvalue weighted by Crippen LogP contribution is 2.31. The van der Waals surface area contributed by atoms with Gasteiger partial charge in [0.1, 0.15) is 0 Å². The summed E-state index contributed by atoms with van der Waals surface area (Å²) >= 11 is 0. The van der Waals surface area contributed by atoms with Crippen molar-refractivity contribution in [3.8, 4) is 11.5 Å². The lowest BCUT2D eigenvalue weighted by molar-refractivity contribution is 0.0925. The second-order valence-electron chi connectivity index (χ2n) is 6.71. The van der Waals surface area contributed by atoms with E-state index in [4.69, 9.17) is 13.9 Å². The number of rotatable bonds is 7. The van der Waals surface area contributed by atoms with Crippen LogP contribution in [0.2, 0.25) is 0 Å². The summed E-state index contributed by atoms with van der Waals surface area (Å²) in [7, 11) is -0.906. The molecule has 4 aromatic rings. The van der Waals surface area contributed by atoms with Crippen molar-refractivity contribution in [1.82, 2.24) is 15.3 Å². The topological polar surface area (TPSA) is 121 Å². The Morgan fingerprint density at radius 3 is 2.47 bits per heavy atom. The van der Waals surface area contributed by atoms with Crippen molar-refractivity contribution in [3.05, 3.63) is 72.5 Å². The van der Waals surface area contributed by atoms with E-state index in [1.54, 1.807) is 18.3 Å². The highest BCUT2D eigenvalue weighted by Gasteiger charge is 2.20. The van der Waals surface area contributed by atoms with Gasteiger partial charge in [-0.2, -0.15) is 0 Å². The van der Waals surface area contributed by atoms with Gasteiger partial charge in [-0.25, -0.2) is 8.42 Å². The number of fused-ring (bicyclic) bond motifs is 1. The van der Waals surface area contributed by atoms with Gasteiger partial charge in [-0.1, -0.05) is 0 Å². The molecule has 9 nitrogen and oxygen atoms in total. The van der Waals surface area contributed by atoms with Crippen molar-refractivity contribution >= 4 is 26.7 Å². The predicted molar refractivity (Wildman–Crippen MR) is 114 cm³/mol. The van der Waals surface area contributed by atoms with Crippen molar-refractivity contribution in [2.45, 2.75) is 16.3 Å². The van der Waals surface area contributed by atoms with Crippen molar-refractivity contribution in [2.75, 3.05) is 14.2 Å². The molecule has 0 unspecified atom stereocenters.